The average molecular weight is 313 g/mol. The molecule has 0 atom stereocenters. The van der Waals surface area contributed by atoms with Crippen LogP contribution in [-0.4, -0.2) is 35.6 Å². The van der Waals surface area contributed by atoms with Gasteiger partial charge in [0.15, 0.2) is 5.82 Å². The first-order valence-corrected chi connectivity index (χ1v) is 7.65. The number of aromatic nitrogens is 3. The summed E-state index contributed by atoms with van der Waals surface area (Å²) in [6.07, 6.45) is 2.22. The van der Waals surface area contributed by atoms with Gasteiger partial charge in [-0.15, -0.1) is 5.10 Å². The highest BCUT2D eigenvalue weighted by molar-refractivity contribution is 7.92. The van der Waals surface area contributed by atoms with Crippen molar-refractivity contribution in [3.8, 4) is 0 Å². The predicted molar refractivity (Wildman–Crippen MR) is 73.5 cm³/mol. The maximum Gasteiger partial charge on any atom is 0.246 e. The lowest BCUT2D eigenvalue weighted by atomic mass is 10.3. The number of hydrogen-bond donors (Lipinski definition) is 2. The molecule has 0 radical (unpaired) electrons. The summed E-state index contributed by atoms with van der Waals surface area (Å²) < 4.78 is 38.6. The van der Waals surface area contributed by atoms with Crippen molar-refractivity contribution >= 4 is 27.4 Å². The van der Waals surface area contributed by atoms with E-state index in [1.165, 1.54) is 24.4 Å². The van der Waals surface area contributed by atoms with Gasteiger partial charge < -0.3 is 5.32 Å². The summed E-state index contributed by atoms with van der Waals surface area (Å²) in [4.78, 5) is 11.7. The summed E-state index contributed by atoms with van der Waals surface area (Å²) >= 11 is 0. The second-order valence-electron chi connectivity index (χ2n) is 4.20. The maximum absolute atomic E-state index is 13.4. The Balaban J connectivity index is 1.99. The number of nitrogens with zero attached hydrogens (tertiary/aromatic N) is 3. The highest BCUT2D eigenvalue weighted by atomic mass is 32.2. The van der Waals surface area contributed by atoms with Crippen LogP contribution in [0.3, 0.4) is 0 Å². The molecule has 2 rings (SSSR count). The zero-order valence-corrected chi connectivity index (χ0v) is 11.8. The van der Waals surface area contributed by atoms with Gasteiger partial charge in [-0.2, -0.15) is 0 Å². The number of benzene rings is 1. The molecule has 8 nitrogen and oxygen atoms in total. The van der Waals surface area contributed by atoms with Crippen LogP contribution >= 0.6 is 0 Å². The van der Waals surface area contributed by atoms with E-state index in [0.29, 0.717) is 0 Å². The summed E-state index contributed by atoms with van der Waals surface area (Å²) in [5, 5.41) is 9.51. The molecule has 0 spiro atoms. The molecule has 0 unspecified atom stereocenters. The number of nitrogens with one attached hydrogen (secondary N) is 2. The van der Waals surface area contributed by atoms with Crippen molar-refractivity contribution < 1.29 is 17.6 Å². The summed E-state index contributed by atoms with van der Waals surface area (Å²) in [7, 11) is -3.46. The van der Waals surface area contributed by atoms with Crippen LogP contribution in [-0.2, 0) is 21.4 Å². The first-order valence-electron chi connectivity index (χ1n) is 5.76. The summed E-state index contributed by atoms with van der Waals surface area (Å²) in [5.74, 6) is -1.07. The van der Waals surface area contributed by atoms with Crippen molar-refractivity contribution in [2.45, 2.75) is 6.54 Å². The predicted octanol–water partition coefficient (Wildman–Crippen LogP) is 0.427. The third-order valence-corrected chi connectivity index (χ3v) is 2.86. The molecule has 21 heavy (non-hydrogen) atoms. The van der Waals surface area contributed by atoms with Gasteiger partial charge in [0.2, 0.25) is 15.9 Å². The van der Waals surface area contributed by atoms with Crippen molar-refractivity contribution in [1.29, 1.82) is 0 Å². The topological polar surface area (TPSA) is 106 Å². The fourth-order valence-electron chi connectivity index (χ4n) is 1.51. The van der Waals surface area contributed by atoms with E-state index in [2.05, 4.69) is 20.4 Å². The lowest BCUT2D eigenvalue weighted by molar-refractivity contribution is -0.116. The molecule has 10 heteroatoms. The molecule has 0 saturated heterocycles. The lowest BCUT2D eigenvalue weighted by Crippen LogP contribution is -2.19. The lowest BCUT2D eigenvalue weighted by Gasteiger charge is -2.05. The first kappa shape index (κ1) is 14.9. The molecule has 1 amide bonds. The second kappa shape index (κ2) is 5.87. The standard InChI is InChI=1S/C11H12FN5O3S/c1-21(19,20)15-10-6-17(16-14-10)7-11(18)13-9-5-3-2-4-8(9)12/h2-6,15H,7H2,1H3,(H,13,18). The largest absolute Gasteiger partial charge is 0.322 e. The van der Waals surface area contributed by atoms with Crippen LogP contribution in [0, 0.1) is 5.82 Å². The quantitative estimate of drug-likeness (QED) is 0.832. The van der Waals surface area contributed by atoms with E-state index >= 15 is 0 Å². The van der Waals surface area contributed by atoms with Gasteiger partial charge in [0.05, 0.1) is 18.1 Å². The van der Waals surface area contributed by atoms with Crippen LogP contribution in [0.1, 0.15) is 0 Å². The molecule has 0 aliphatic carbocycles. The number of amides is 1. The van der Waals surface area contributed by atoms with E-state index in [1.807, 2.05) is 0 Å². The van der Waals surface area contributed by atoms with Gasteiger partial charge >= 0.3 is 0 Å². The number of carbonyl (C=O) groups is 1. The van der Waals surface area contributed by atoms with Crippen molar-refractivity contribution in [3.63, 3.8) is 0 Å². The van der Waals surface area contributed by atoms with E-state index in [-0.39, 0.29) is 18.1 Å². The Labute approximate surface area is 120 Å². The van der Waals surface area contributed by atoms with Crippen LogP contribution in [0.25, 0.3) is 0 Å². The molecule has 1 aromatic heterocycles. The van der Waals surface area contributed by atoms with Crippen LogP contribution in [0.2, 0.25) is 0 Å². The molecule has 1 heterocycles. The van der Waals surface area contributed by atoms with Crippen molar-refractivity contribution in [2.24, 2.45) is 0 Å². The average Bonchev–Trinajstić information content (AvgIpc) is 2.77. The van der Waals surface area contributed by atoms with Crippen LogP contribution in [0.15, 0.2) is 30.5 Å². The smallest absolute Gasteiger partial charge is 0.246 e. The van der Waals surface area contributed by atoms with Gasteiger partial charge in [0, 0.05) is 0 Å². The Morgan fingerprint density at radius 1 is 1.38 bits per heavy atom. The summed E-state index contributed by atoms with van der Waals surface area (Å²) in [5.41, 5.74) is 0.0529. The molecule has 0 bridgehead atoms. The minimum atomic E-state index is -3.46. The minimum Gasteiger partial charge on any atom is -0.322 e. The highest BCUT2D eigenvalue weighted by Gasteiger charge is 2.10. The fraction of sp³-hybridized carbons (Fsp3) is 0.182. The molecule has 112 valence electrons. The van der Waals surface area contributed by atoms with E-state index in [4.69, 9.17) is 0 Å². The molecule has 1 aromatic carbocycles. The number of para-hydroxylation sites is 1. The van der Waals surface area contributed by atoms with Gasteiger partial charge in [-0.25, -0.2) is 17.5 Å². The van der Waals surface area contributed by atoms with E-state index < -0.39 is 21.7 Å². The molecule has 2 aromatic rings. The van der Waals surface area contributed by atoms with Crippen molar-refractivity contribution in [2.75, 3.05) is 16.3 Å². The Hall–Kier alpha value is -2.49. The molecule has 0 saturated carbocycles. The Bertz CT molecular complexity index is 759. The Kier molecular flexibility index (Phi) is 4.17. The van der Waals surface area contributed by atoms with Crippen molar-refractivity contribution in [3.05, 3.63) is 36.3 Å². The van der Waals surface area contributed by atoms with E-state index in [1.54, 1.807) is 6.07 Å². The zero-order valence-electron chi connectivity index (χ0n) is 10.9. The van der Waals surface area contributed by atoms with Crippen molar-refractivity contribution in [1.82, 2.24) is 15.0 Å². The molecule has 0 aliphatic rings. The van der Waals surface area contributed by atoms with Crippen LogP contribution in [0.4, 0.5) is 15.9 Å². The fourth-order valence-corrected chi connectivity index (χ4v) is 1.99. The third-order valence-electron chi connectivity index (χ3n) is 2.28. The Morgan fingerprint density at radius 2 is 2.10 bits per heavy atom. The number of sulfonamides is 1. The molecular weight excluding hydrogens is 301 g/mol. The van der Waals surface area contributed by atoms with Gasteiger partial charge in [0.25, 0.3) is 0 Å². The molecule has 0 fully saturated rings. The maximum atomic E-state index is 13.4. The number of hydrogen-bond acceptors (Lipinski definition) is 5. The summed E-state index contributed by atoms with van der Waals surface area (Å²) in [6, 6.07) is 5.73. The zero-order chi connectivity index (χ0) is 15.5. The Morgan fingerprint density at radius 3 is 2.76 bits per heavy atom. The van der Waals surface area contributed by atoms with Gasteiger partial charge in [-0.3, -0.25) is 9.52 Å². The SMILES string of the molecule is CS(=O)(=O)Nc1cn(CC(=O)Nc2ccccc2F)nn1. The summed E-state index contributed by atoms with van der Waals surface area (Å²) in [6.45, 7) is -0.229. The van der Waals surface area contributed by atoms with Crippen LogP contribution in [0.5, 0.6) is 0 Å². The number of carbonyl (C=O) groups excluding carboxylic acids is 1. The van der Waals surface area contributed by atoms with E-state index in [9.17, 15) is 17.6 Å². The number of rotatable bonds is 5. The molecular formula is C11H12FN5O3S. The highest BCUT2D eigenvalue weighted by Crippen LogP contribution is 2.12. The normalized spacial score (nSPS) is 11.1. The van der Waals surface area contributed by atoms with Gasteiger partial charge in [-0.05, 0) is 12.1 Å². The molecule has 0 aliphatic heterocycles. The second-order valence-corrected chi connectivity index (χ2v) is 5.95. The number of halogens is 1. The molecule has 2 N–H and O–H groups in total. The first-order chi connectivity index (χ1) is 9.83. The monoisotopic (exact) mass is 313 g/mol. The third kappa shape index (κ3) is 4.53. The van der Waals surface area contributed by atoms with Gasteiger partial charge in [0.1, 0.15) is 12.4 Å². The van der Waals surface area contributed by atoms with Gasteiger partial charge in [-0.1, -0.05) is 17.3 Å². The van der Waals surface area contributed by atoms with E-state index in [0.717, 1.165) is 10.9 Å². The number of anilines is 2. The van der Waals surface area contributed by atoms with Crippen LogP contribution < -0.4 is 10.0 Å². The minimum absolute atomic E-state index is 0.00353.